The maximum absolute atomic E-state index is 15.0. The van der Waals surface area contributed by atoms with E-state index < -0.39 is 0 Å². The summed E-state index contributed by atoms with van der Waals surface area (Å²) in [7, 11) is 0. The molecule has 0 spiro atoms. The van der Waals surface area contributed by atoms with Crippen LogP contribution in [0.2, 0.25) is 0 Å². The smallest absolute Gasteiger partial charge is 0.300 e. The van der Waals surface area contributed by atoms with Gasteiger partial charge in [0.15, 0.2) is 5.76 Å². The molecule has 2 fully saturated rings. The van der Waals surface area contributed by atoms with Gasteiger partial charge in [-0.3, -0.25) is 9.36 Å². The minimum Gasteiger partial charge on any atom is -0.424 e. The van der Waals surface area contributed by atoms with Crippen molar-refractivity contribution in [2.24, 2.45) is 4.99 Å². The van der Waals surface area contributed by atoms with Gasteiger partial charge < -0.3 is 4.42 Å². The molecule has 2 aliphatic rings. The first-order chi connectivity index (χ1) is 20.8. The van der Waals surface area contributed by atoms with Crippen molar-refractivity contribution in [1.82, 2.24) is 14.5 Å². The summed E-state index contributed by atoms with van der Waals surface area (Å²) >= 11 is 0. The quantitative estimate of drug-likeness (QED) is 0.219. The second-order valence-corrected chi connectivity index (χ2v) is 11.6. The summed E-state index contributed by atoms with van der Waals surface area (Å²) < 4.78 is 8.72. The lowest BCUT2D eigenvalue weighted by molar-refractivity contribution is 0.289. The first-order valence-corrected chi connectivity index (χ1v) is 15.5. The molecule has 3 aromatic carbocycles. The van der Waals surface area contributed by atoms with Gasteiger partial charge in [-0.1, -0.05) is 111 Å². The lowest BCUT2D eigenvalue weighted by atomic mass is 9.94. The Balaban J connectivity index is 1.57. The van der Waals surface area contributed by atoms with Crippen LogP contribution in [0.3, 0.4) is 0 Å². The van der Waals surface area contributed by atoms with Crippen molar-refractivity contribution in [1.29, 1.82) is 0 Å². The van der Waals surface area contributed by atoms with Crippen LogP contribution in [0.4, 0.5) is 0 Å². The minimum atomic E-state index is -0.0941. The average Bonchev–Trinajstić information content (AvgIpc) is 3.06. The molecule has 7 rings (SSSR count). The van der Waals surface area contributed by atoms with Crippen LogP contribution in [0.5, 0.6) is 0 Å². The van der Waals surface area contributed by atoms with Crippen molar-refractivity contribution in [3.63, 3.8) is 0 Å². The molecule has 212 valence electrons. The van der Waals surface area contributed by atoms with E-state index >= 15 is 4.79 Å². The Morgan fingerprint density at radius 3 is 1.83 bits per heavy atom. The van der Waals surface area contributed by atoms with Crippen molar-refractivity contribution in [3.8, 4) is 33.8 Å². The Labute approximate surface area is 245 Å². The first kappa shape index (κ1) is 26.6. The second kappa shape index (κ2) is 11.9. The molecule has 5 aromatic rings. The van der Waals surface area contributed by atoms with Crippen molar-refractivity contribution in [2.75, 3.05) is 0 Å². The first-order valence-electron chi connectivity index (χ1n) is 15.5. The Bertz CT molecular complexity index is 1810. The van der Waals surface area contributed by atoms with Gasteiger partial charge in [0.25, 0.3) is 5.56 Å². The molecule has 2 aromatic heterocycles. The van der Waals surface area contributed by atoms with Gasteiger partial charge >= 0.3 is 5.68 Å². The lowest BCUT2D eigenvalue weighted by Crippen LogP contribution is -2.40. The predicted molar refractivity (Wildman–Crippen MR) is 167 cm³/mol. The van der Waals surface area contributed by atoms with Crippen LogP contribution in [0.15, 0.2) is 99.1 Å². The Morgan fingerprint density at radius 2 is 1.19 bits per heavy atom. The zero-order chi connectivity index (χ0) is 28.3. The maximum atomic E-state index is 15.0. The molecule has 0 aliphatic heterocycles. The van der Waals surface area contributed by atoms with Gasteiger partial charge in [0.2, 0.25) is 0 Å². The van der Waals surface area contributed by atoms with Crippen LogP contribution < -0.4 is 11.2 Å². The molecule has 2 aliphatic carbocycles. The fraction of sp³-hybridized carbons (Fsp3) is 0.333. The van der Waals surface area contributed by atoms with Gasteiger partial charge in [0.1, 0.15) is 11.3 Å². The number of para-hydroxylation sites is 2. The van der Waals surface area contributed by atoms with E-state index in [1.807, 2.05) is 89.5 Å². The molecule has 0 radical (unpaired) electrons. The second-order valence-electron chi connectivity index (χ2n) is 11.6. The SMILES string of the molecule is O=c1c(-c2nc3ccccc3nc2-c2ccccc2)c(-c2ccccc2)oc(=NC2CCCCC2)n1C1CCCCC1. The highest BCUT2D eigenvalue weighted by Crippen LogP contribution is 2.36. The number of rotatable bonds is 5. The molecule has 2 saturated carbocycles. The van der Waals surface area contributed by atoms with E-state index in [-0.39, 0.29) is 17.6 Å². The molecule has 0 unspecified atom stereocenters. The Hall–Kier alpha value is -4.32. The zero-order valence-corrected chi connectivity index (χ0v) is 23.9. The molecular weight excluding hydrogens is 520 g/mol. The summed E-state index contributed by atoms with van der Waals surface area (Å²) in [6.07, 6.45) is 10.9. The summed E-state index contributed by atoms with van der Waals surface area (Å²) in [5, 5.41) is 0. The van der Waals surface area contributed by atoms with Gasteiger partial charge in [0, 0.05) is 17.2 Å². The molecule has 6 heteroatoms. The third-order valence-corrected chi connectivity index (χ3v) is 8.76. The van der Waals surface area contributed by atoms with Crippen LogP contribution in [-0.2, 0) is 0 Å². The highest BCUT2D eigenvalue weighted by molar-refractivity contribution is 5.89. The van der Waals surface area contributed by atoms with Crippen molar-refractivity contribution < 1.29 is 4.42 Å². The van der Waals surface area contributed by atoms with E-state index in [0.717, 1.165) is 60.7 Å². The predicted octanol–water partition coefficient (Wildman–Crippen LogP) is 8.12. The molecule has 0 N–H and O–H groups in total. The molecule has 0 saturated heterocycles. The van der Waals surface area contributed by atoms with Gasteiger partial charge in [-0.05, 0) is 37.8 Å². The molecule has 42 heavy (non-hydrogen) atoms. The van der Waals surface area contributed by atoms with Gasteiger partial charge in [0.05, 0.1) is 22.8 Å². The number of hydrogen-bond acceptors (Lipinski definition) is 5. The van der Waals surface area contributed by atoms with E-state index in [1.54, 1.807) is 0 Å². The van der Waals surface area contributed by atoms with E-state index in [0.29, 0.717) is 28.4 Å². The van der Waals surface area contributed by atoms with Crippen LogP contribution >= 0.6 is 0 Å². The Morgan fingerprint density at radius 1 is 0.643 bits per heavy atom. The fourth-order valence-electron chi connectivity index (χ4n) is 6.59. The standard InChI is InChI=1S/C36H36N4O2/c41-35-31(33-32(25-15-5-1-6-16-25)38-29-23-13-14-24-30(29)39-33)34(26-17-7-2-8-18-26)42-36(37-27-19-9-3-10-20-27)40(35)28-21-11-4-12-22-28/h1-2,5-8,13-18,23-24,27-28H,3-4,9-12,19-22H2. The van der Waals surface area contributed by atoms with Crippen LogP contribution in [0, 0.1) is 0 Å². The Kier molecular flexibility index (Phi) is 7.52. The maximum Gasteiger partial charge on any atom is 0.300 e. The van der Waals surface area contributed by atoms with Crippen LogP contribution in [0.1, 0.15) is 70.3 Å². The topological polar surface area (TPSA) is 73.3 Å². The lowest BCUT2D eigenvalue weighted by Gasteiger charge is -2.25. The fourth-order valence-corrected chi connectivity index (χ4v) is 6.59. The number of benzene rings is 3. The average molecular weight is 557 g/mol. The normalized spacial score (nSPS) is 17.1. The van der Waals surface area contributed by atoms with Crippen LogP contribution in [-0.4, -0.2) is 20.6 Å². The molecule has 0 amide bonds. The molecule has 0 atom stereocenters. The highest BCUT2D eigenvalue weighted by Gasteiger charge is 2.28. The van der Waals surface area contributed by atoms with E-state index in [1.165, 1.54) is 25.7 Å². The number of hydrogen-bond donors (Lipinski definition) is 0. The van der Waals surface area contributed by atoms with Crippen molar-refractivity contribution in [3.05, 3.63) is 101 Å². The number of aromatic nitrogens is 3. The summed E-state index contributed by atoms with van der Waals surface area (Å²) in [5.74, 6) is 0.504. The van der Waals surface area contributed by atoms with Gasteiger partial charge in [-0.15, -0.1) is 0 Å². The third kappa shape index (κ3) is 5.22. The van der Waals surface area contributed by atoms with E-state index in [9.17, 15) is 0 Å². The third-order valence-electron chi connectivity index (χ3n) is 8.76. The van der Waals surface area contributed by atoms with Crippen LogP contribution in [0.25, 0.3) is 44.9 Å². The molecule has 6 nitrogen and oxygen atoms in total. The minimum absolute atomic E-state index is 0.0505. The van der Waals surface area contributed by atoms with Crippen molar-refractivity contribution >= 4 is 11.0 Å². The number of fused-ring (bicyclic) bond motifs is 1. The van der Waals surface area contributed by atoms with Crippen molar-refractivity contribution in [2.45, 2.75) is 76.3 Å². The van der Waals surface area contributed by atoms with E-state index in [2.05, 4.69) is 0 Å². The summed E-state index contributed by atoms with van der Waals surface area (Å²) in [6.45, 7) is 0. The highest BCUT2D eigenvalue weighted by atomic mass is 16.4. The molecule has 2 heterocycles. The van der Waals surface area contributed by atoms with E-state index in [4.69, 9.17) is 19.4 Å². The number of nitrogens with zero attached hydrogens (tertiary/aromatic N) is 4. The van der Waals surface area contributed by atoms with Gasteiger partial charge in [-0.2, -0.15) is 0 Å². The van der Waals surface area contributed by atoms with Gasteiger partial charge in [-0.25, -0.2) is 15.0 Å². The summed E-state index contributed by atoms with van der Waals surface area (Å²) in [4.78, 5) is 30.4. The molecular formula is C36H36N4O2. The zero-order valence-electron chi connectivity index (χ0n) is 23.9. The summed E-state index contributed by atoms with van der Waals surface area (Å²) in [5.41, 5.74) is 5.29. The summed E-state index contributed by atoms with van der Waals surface area (Å²) in [6, 6.07) is 28.0. The largest absolute Gasteiger partial charge is 0.424 e. The molecule has 0 bridgehead atoms. The monoisotopic (exact) mass is 556 g/mol.